The lowest BCUT2D eigenvalue weighted by molar-refractivity contribution is -0.133. The SMILES string of the molecule is Cc1ccc(N2CC[C@H](N3C(=O)[C@@H]4CCCN4C3=O)C2=O)cc1. The van der Waals surface area contributed by atoms with Crippen LogP contribution in [0.5, 0.6) is 0 Å². The summed E-state index contributed by atoms with van der Waals surface area (Å²) in [5.74, 6) is -0.353. The summed E-state index contributed by atoms with van der Waals surface area (Å²) >= 11 is 0. The second-order valence-corrected chi connectivity index (χ2v) is 6.47. The molecule has 3 heterocycles. The van der Waals surface area contributed by atoms with Crippen LogP contribution in [0.15, 0.2) is 24.3 Å². The Kier molecular flexibility index (Phi) is 3.14. The first-order valence-corrected chi connectivity index (χ1v) is 8.09. The van der Waals surface area contributed by atoms with Gasteiger partial charge < -0.3 is 9.80 Å². The molecule has 0 bridgehead atoms. The third-order valence-corrected chi connectivity index (χ3v) is 5.06. The van der Waals surface area contributed by atoms with E-state index >= 15 is 0 Å². The molecule has 1 aromatic carbocycles. The van der Waals surface area contributed by atoms with Crippen LogP contribution in [-0.2, 0) is 9.59 Å². The minimum absolute atomic E-state index is 0.156. The van der Waals surface area contributed by atoms with Crippen molar-refractivity contribution in [3.05, 3.63) is 29.8 Å². The van der Waals surface area contributed by atoms with E-state index in [1.165, 1.54) is 4.90 Å². The molecule has 6 heteroatoms. The number of imide groups is 1. The van der Waals surface area contributed by atoms with Crippen molar-refractivity contribution in [3.63, 3.8) is 0 Å². The van der Waals surface area contributed by atoms with Gasteiger partial charge in [0.05, 0.1) is 0 Å². The summed E-state index contributed by atoms with van der Waals surface area (Å²) in [6.07, 6.45) is 2.08. The Morgan fingerprint density at radius 2 is 1.65 bits per heavy atom. The second-order valence-electron chi connectivity index (χ2n) is 6.47. The van der Waals surface area contributed by atoms with Gasteiger partial charge in [-0.05, 0) is 38.3 Å². The van der Waals surface area contributed by atoms with Gasteiger partial charge in [0, 0.05) is 18.8 Å². The number of aryl methyl sites for hydroxylation is 1. The van der Waals surface area contributed by atoms with Gasteiger partial charge in [-0.2, -0.15) is 0 Å². The molecule has 3 aliphatic heterocycles. The number of carbonyl (C=O) groups is 3. The summed E-state index contributed by atoms with van der Waals surface area (Å²) in [5, 5.41) is 0. The molecule has 4 amide bonds. The van der Waals surface area contributed by atoms with Gasteiger partial charge in [-0.25, -0.2) is 9.69 Å². The van der Waals surface area contributed by atoms with Gasteiger partial charge in [-0.15, -0.1) is 0 Å². The van der Waals surface area contributed by atoms with E-state index in [1.54, 1.807) is 9.80 Å². The fraction of sp³-hybridized carbons (Fsp3) is 0.471. The molecule has 3 fully saturated rings. The highest BCUT2D eigenvalue weighted by molar-refractivity contribution is 6.10. The smallest absolute Gasteiger partial charge is 0.312 e. The number of carbonyl (C=O) groups excluding carboxylic acids is 3. The van der Waals surface area contributed by atoms with Crippen molar-refractivity contribution in [3.8, 4) is 0 Å². The summed E-state index contributed by atoms with van der Waals surface area (Å²) in [5.41, 5.74) is 1.95. The first-order valence-electron chi connectivity index (χ1n) is 8.09. The van der Waals surface area contributed by atoms with Crippen molar-refractivity contribution in [2.24, 2.45) is 0 Å². The zero-order valence-electron chi connectivity index (χ0n) is 13.1. The predicted octanol–water partition coefficient (Wildman–Crippen LogP) is 1.53. The molecule has 0 radical (unpaired) electrons. The maximum atomic E-state index is 12.7. The third kappa shape index (κ3) is 2.04. The van der Waals surface area contributed by atoms with Crippen molar-refractivity contribution in [2.45, 2.75) is 38.3 Å². The molecule has 120 valence electrons. The van der Waals surface area contributed by atoms with Crippen LogP contribution in [0, 0.1) is 6.92 Å². The largest absolute Gasteiger partial charge is 0.328 e. The Morgan fingerprint density at radius 3 is 2.35 bits per heavy atom. The van der Waals surface area contributed by atoms with Gasteiger partial charge in [0.2, 0.25) is 5.91 Å². The van der Waals surface area contributed by atoms with E-state index in [-0.39, 0.29) is 23.9 Å². The summed E-state index contributed by atoms with van der Waals surface area (Å²) < 4.78 is 0. The maximum Gasteiger partial charge on any atom is 0.328 e. The maximum absolute atomic E-state index is 12.7. The summed E-state index contributed by atoms with van der Waals surface area (Å²) in [7, 11) is 0. The molecule has 2 atom stereocenters. The highest BCUT2D eigenvalue weighted by atomic mass is 16.2. The number of hydrogen-bond acceptors (Lipinski definition) is 3. The van der Waals surface area contributed by atoms with Crippen LogP contribution in [0.25, 0.3) is 0 Å². The van der Waals surface area contributed by atoms with E-state index in [1.807, 2.05) is 31.2 Å². The van der Waals surface area contributed by atoms with Crippen LogP contribution in [0.1, 0.15) is 24.8 Å². The third-order valence-electron chi connectivity index (χ3n) is 5.06. The van der Waals surface area contributed by atoms with Gasteiger partial charge in [0.25, 0.3) is 5.91 Å². The van der Waals surface area contributed by atoms with Crippen LogP contribution < -0.4 is 4.90 Å². The van der Waals surface area contributed by atoms with Crippen molar-refractivity contribution in [2.75, 3.05) is 18.0 Å². The molecule has 0 aromatic heterocycles. The lowest BCUT2D eigenvalue weighted by atomic mass is 10.1. The molecular formula is C17H19N3O3. The van der Waals surface area contributed by atoms with Gasteiger partial charge in [-0.1, -0.05) is 17.7 Å². The number of nitrogens with zero attached hydrogens (tertiary/aromatic N) is 3. The second kappa shape index (κ2) is 5.08. The van der Waals surface area contributed by atoms with Crippen molar-refractivity contribution in [1.82, 2.24) is 9.80 Å². The summed E-state index contributed by atoms with van der Waals surface area (Å²) in [4.78, 5) is 42.2. The molecule has 0 aliphatic carbocycles. The zero-order valence-corrected chi connectivity index (χ0v) is 13.1. The van der Waals surface area contributed by atoms with E-state index in [4.69, 9.17) is 0 Å². The fourth-order valence-corrected chi connectivity index (χ4v) is 3.82. The highest BCUT2D eigenvalue weighted by Crippen LogP contribution is 2.32. The Hall–Kier alpha value is -2.37. The van der Waals surface area contributed by atoms with Gasteiger partial charge in [0.15, 0.2) is 0 Å². The van der Waals surface area contributed by atoms with E-state index < -0.39 is 6.04 Å². The first kappa shape index (κ1) is 14.2. The van der Waals surface area contributed by atoms with Crippen LogP contribution in [0.3, 0.4) is 0 Å². The molecular weight excluding hydrogens is 294 g/mol. The first-order chi connectivity index (χ1) is 11.1. The van der Waals surface area contributed by atoms with Crippen LogP contribution in [0.4, 0.5) is 10.5 Å². The van der Waals surface area contributed by atoms with E-state index in [0.717, 1.165) is 17.7 Å². The Labute approximate surface area is 134 Å². The predicted molar refractivity (Wildman–Crippen MR) is 83.9 cm³/mol. The monoisotopic (exact) mass is 313 g/mol. The average Bonchev–Trinajstić information content (AvgIpc) is 3.20. The Morgan fingerprint density at radius 1 is 0.913 bits per heavy atom. The minimum Gasteiger partial charge on any atom is -0.312 e. The van der Waals surface area contributed by atoms with Gasteiger partial charge >= 0.3 is 6.03 Å². The molecule has 6 nitrogen and oxygen atoms in total. The number of hydrogen-bond donors (Lipinski definition) is 0. The number of fused-ring (bicyclic) bond motifs is 1. The van der Waals surface area contributed by atoms with Gasteiger partial charge in [-0.3, -0.25) is 9.59 Å². The molecule has 0 N–H and O–H groups in total. The molecule has 4 rings (SSSR count). The number of rotatable bonds is 2. The zero-order chi connectivity index (χ0) is 16.1. The number of anilines is 1. The minimum atomic E-state index is -0.651. The Balaban J connectivity index is 1.57. The summed E-state index contributed by atoms with van der Waals surface area (Å²) in [6.45, 7) is 3.15. The van der Waals surface area contributed by atoms with Crippen molar-refractivity contribution >= 4 is 23.5 Å². The molecule has 0 spiro atoms. The molecule has 0 saturated carbocycles. The molecule has 1 aromatic rings. The number of amides is 4. The van der Waals surface area contributed by atoms with Crippen LogP contribution >= 0.6 is 0 Å². The van der Waals surface area contributed by atoms with Crippen molar-refractivity contribution in [1.29, 1.82) is 0 Å². The molecule has 3 saturated heterocycles. The number of urea groups is 1. The Bertz CT molecular complexity index is 663. The standard InChI is InChI=1S/C17H19N3O3/c1-11-4-6-12(7-5-11)18-10-8-14(15(18)21)20-16(22)13-3-2-9-19(13)17(20)23/h4-7,13-14H,2-3,8-10H2,1H3/t13-,14-/m0/s1. The summed E-state index contributed by atoms with van der Waals surface area (Å²) in [6, 6.07) is 6.44. The van der Waals surface area contributed by atoms with E-state index in [9.17, 15) is 14.4 Å². The average molecular weight is 313 g/mol. The van der Waals surface area contributed by atoms with Crippen LogP contribution in [0.2, 0.25) is 0 Å². The fourth-order valence-electron chi connectivity index (χ4n) is 3.82. The molecule has 23 heavy (non-hydrogen) atoms. The lowest BCUT2D eigenvalue weighted by Gasteiger charge is -2.22. The number of benzene rings is 1. The molecule has 0 unspecified atom stereocenters. The normalized spacial score (nSPS) is 27.3. The van der Waals surface area contributed by atoms with Gasteiger partial charge in [0.1, 0.15) is 12.1 Å². The topological polar surface area (TPSA) is 60.9 Å². The molecule has 3 aliphatic rings. The lowest BCUT2D eigenvalue weighted by Crippen LogP contribution is -2.46. The van der Waals surface area contributed by atoms with E-state index in [2.05, 4.69) is 0 Å². The van der Waals surface area contributed by atoms with E-state index in [0.29, 0.717) is 25.9 Å². The van der Waals surface area contributed by atoms with Crippen molar-refractivity contribution < 1.29 is 14.4 Å². The highest BCUT2D eigenvalue weighted by Gasteiger charge is 2.53. The quantitative estimate of drug-likeness (QED) is 0.778. The van der Waals surface area contributed by atoms with Crippen LogP contribution in [-0.4, -0.2) is 52.8 Å².